The van der Waals surface area contributed by atoms with E-state index in [1.807, 2.05) is 69.3 Å². The second-order valence-electron chi connectivity index (χ2n) is 7.66. The van der Waals surface area contributed by atoms with Gasteiger partial charge in [0.15, 0.2) is 0 Å². The summed E-state index contributed by atoms with van der Waals surface area (Å²) in [6, 6.07) is 14.6. The number of H-pyrrole nitrogens is 1. The first-order valence-electron chi connectivity index (χ1n) is 8.63. The minimum absolute atomic E-state index is 0.219. The summed E-state index contributed by atoms with van der Waals surface area (Å²) in [5.41, 5.74) is 9.04. The van der Waals surface area contributed by atoms with Crippen LogP contribution in [0.2, 0.25) is 0 Å². The highest BCUT2D eigenvalue weighted by atomic mass is 16.2. The fourth-order valence-corrected chi connectivity index (χ4v) is 3.89. The maximum absolute atomic E-state index is 13.5. The van der Waals surface area contributed by atoms with Crippen molar-refractivity contribution in [2.24, 2.45) is 5.73 Å². The Bertz CT molecular complexity index is 1040. The van der Waals surface area contributed by atoms with E-state index in [9.17, 15) is 9.59 Å². The molecular weight excluding hydrogens is 326 g/mol. The average Bonchev–Trinajstić information content (AvgIpc) is 2.92. The first kappa shape index (κ1) is 16.4. The lowest BCUT2D eigenvalue weighted by Crippen LogP contribution is -2.51. The van der Waals surface area contributed by atoms with Gasteiger partial charge in [-0.1, -0.05) is 42.5 Å². The third-order valence-corrected chi connectivity index (χ3v) is 4.91. The molecule has 1 aromatic heterocycles. The summed E-state index contributed by atoms with van der Waals surface area (Å²) >= 11 is 0. The van der Waals surface area contributed by atoms with Gasteiger partial charge in [0.2, 0.25) is 5.91 Å². The lowest BCUT2D eigenvalue weighted by Gasteiger charge is -2.39. The summed E-state index contributed by atoms with van der Waals surface area (Å²) in [5.74, 6) is -0.751. The van der Waals surface area contributed by atoms with Gasteiger partial charge in [-0.3, -0.25) is 9.59 Å². The maximum atomic E-state index is 13.5. The van der Waals surface area contributed by atoms with Crippen LogP contribution < -0.4 is 5.73 Å². The van der Waals surface area contributed by atoms with Crippen LogP contribution in [0, 0.1) is 0 Å². The normalized spacial score (nSPS) is 17.0. The molecule has 4 rings (SSSR count). The van der Waals surface area contributed by atoms with Crippen LogP contribution in [0.25, 0.3) is 22.0 Å². The maximum Gasteiger partial charge on any atom is 0.272 e. The number of aromatic amines is 1. The lowest BCUT2D eigenvalue weighted by atomic mass is 9.92. The van der Waals surface area contributed by atoms with Crippen molar-refractivity contribution >= 4 is 22.7 Å². The van der Waals surface area contributed by atoms with Crippen LogP contribution in [-0.2, 0) is 4.79 Å². The summed E-state index contributed by atoms with van der Waals surface area (Å²) in [6.07, 6.45) is 0. The summed E-state index contributed by atoms with van der Waals surface area (Å²) < 4.78 is 0. The van der Waals surface area contributed by atoms with Gasteiger partial charge in [-0.2, -0.15) is 0 Å². The van der Waals surface area contributed by atoms with Crippen LogP contribution in [0.5, 0.6) is 0 Å². The molecule has 3 aromatic rings. The molecule has 1 aliphatic heterocycles. The van der Waals surface area contributed by atoms with Gasteiger partial charge in [0.1, 0.15) is 11.7 Å². The highest BCUT2D eigenvalue weighted by Gasteiger charge is 2.43. The number of carbonyl (C=O) groups is 2. The Labute approximate surface area is 151 Å². The predicted octanol–water partition coefficient (Wildman–Crippen LogP) is 3.62. The van der Waals surface area contributed by atoms with Gasteiger partial charge in [0, 0.05) is 22.0 Å². The lowest BCUT2D eigenvalue weighted by molar-refractivity contribution is -0.124. The first-order chi connectivity index (χ1) is 12.3. The van der Waals surface area contributed by atoms with Crippen molar-refractivity contribution < 1.29 is 9.59 Å². The molecule has 0 saturated carbocycles. The topological polar surface area (TPSA) is 79.2 Å². The molecule has 2 amide bonds. The molecule has 26 heavy (non-hydrogen) atoms. The molecule has 0 fully saturated rings. The van der Waals surface area contributed by atoms with Crippen LogP contribution >= 0.6 is 0 Å². The average molecular weight is 347 g/mol. The molecular formula is C21H21N3O2. The standard InChI is InChI=1S/C21H21N3O2/c1-21(2,3)24-18(19(22)25)13-9-5-4-8-12(13)16-14-10-6-7-11-15(14)23-17(16)20(24)26/h4-11,18,23H,1-3H3,(H2,22,25). The second-order valence-corrected chi connectivity index (χ2v) is 7.66. The van der Waals surface area contributed by atoms with Crippen LogP contribution in [0.1, 0.15) is 42.9 Å². The Morgan fingerprint density at radius 3 is 2.42 bits per heavy atom. The van der Waals surface area contributed by atoms with Crippen LogP contribution in [0.15, 0.2) is 48.5 Å². The van der Waals surface area contributed by atoms with Gasteiger partial charge >= 0.3 is 0 Å². The van der Waals surface area contributed by atoms with Crippen molar-refractivity contribution in [2.45, 2.75) is 32.4 Å². The molecule has 132 valence electrons. The van der Waals surface area contributed by atoms with Crippen molar-refractivity contribution in [1.29, 1.82) is 0 Å². The molecule has 2 aromatic carbocycles. The van der Waals surface area contributed by atoms with E-state index >= 15 is 0 Å². The van der Waals surface area contributed by atoms with Gasteiger partial charge in [0.05, 0.1) is 0 Å². The van der Waals surface area contributed by atoms with Crippen LogP contribution in [0.4, 0.5) is 0 Å². The number of hydrogen-bond acceptors (Lipinski definition) is 2. The minimum atomic E-state index is -0.821. The van der Waals surface area contributed by atoms with Gasteiger partial charge < -0.3 is 15.6 Å². The molecule has 3 N–H and O–H groups in total. The van der Waals surface area contributed by atoms with Crippen molar-refractivity contribution in [3.8, 4) is 11.1 Å². The molecule has 0 aliphatic carbocycles. The van der Waals surface area contributed by atoms with Gasteiger partial charge in [-0.05, 0) is 38.0 Å². The fourth-order valence-electron chi connectivity index (χ4n) is 3.89. The minimum Gasteiger partial charge on any atom is -0.368 e. The van der Waals surface area contributed by atoms with Crippen molar-refractivity contribution in [3.05, 3.63) is 59.8 Å². The molecule has 5 heteroatoms. The van der Waals surface area contributed by atoms with E-state index in [4.69, 9.17) is 5.73 Å². The van der Waals surface area contributed by atoms with Crippen molar-refractivity contribution in [1.82, 2.24) is 9.88 Å². The van der Waals surface area contributed by atoms with Crippen molar-refractivity contribution in [2.75, 3.05) is 0 Å². The number of rotatable bonds is 1. The number of aromatic nitrogens is 1. The van der Waals surface area contributed by atoms with E-state index in [0.717, 1.165) is 27.6 Å². The van der Waals surface area contributed by atoms with E-state index in [-0.39, 0.29) is 5.91 Å². The number of fused-ring (bicyclic) bond motifs is 5. The summed E-state index contributed by atoms with van der Waals surface area (Å²) in [7, 11) is 0. The third kappa shape index (κ3) is 2.24. The molecule has 1 aliphatic rings. The molecule has 0 saturated heterocycles. The monoisotopic (exact) mass is 347 g/mol. The number of carbonyl (C=O) groups excluding carboxylic acids is 2. The number of nitrogens with zero attached hydrogens (tertiary/aromatic N) is 1. The SMILES string of the molecule is CC(C)(C)N1C(=O)c2[nH]c3ccccc3c2-c2ccccc2C1C(N)=O. The second kappa shape index (κ2) is 5.46. The van der Waals surface area contributed by atoms with Crippen LogP contribution in [-0.4, -0.2) is 27.2 Å². The van der Waals surface area contributed by atoms with E-state index in [1.54, 1.807) is 4.90 Å². The quantitative estimate of drug-likeness (QED) is 0.705. The largest absolute Gasteiger partial charge is 0.368 e. The van der Waals surface area contributed by atoms with Gasteiger partial charge in [-0.15, -0.1) is 0 Å². The van der Waals surface area contributed by atoms with Gasteiger partial charge in [0.25, 0.3) is 5.91 Å². The number of nitrogens with one attached hydrogen (secondary N) is 1. The zero-order valence-electron chi connectivity index (χ0n) is 15.0. The smallest absolute Gasteiger partial charge is 0.272 e. The molecule has 0 bridgehead atoms. The number of para-hydroxylation sites is 1. The van der Waals surface area contributed by atoms with Gasteiger partial charge in [-0.25, -0.2) is 0 Å². The zero-order chi connectivity index (χ0) is 18.6. The van der Waals surface area contributed by atoms with E-state index in [2.05, 4.69) is 4.98 Å². The number of hydrogen-bond donors (Lipinski definition) is 2. The molecule has 2 heterocycles. The molecule has 5 nitrogen and oxygen atoms in total. The fraction of sp³-hybridized carbons (Fsp3) is 0.238. The highest BCUT2D eigenvalue weighted by molar-refractivity contribution is 6.13. The predicted molar refractivity (Wildman–Crippen MR) is 102 cm³/mol. The molecule has 1 atom stereocenters. The Morgan fingerprint density at radius 1 is 1.08 bits per heavy atom. The molecule has 1 unspecified atom stereocenters. The Kier molecular flexibility index (Phi) is 3.44. The van der Waals surface area contributed by atoms with E-state index < -0.39 is 17.5 Å². The van der Waals surface area contributed by atoms with Crippen molar-refractivity contribution in [3.63, 3.8) is 0 Å². The molecule has 0 radical (unpaired) electrons. The summed E-state index contributed by atoms with van der Waals surface area (Å²) in [6.45, 7) is 5.74. The highest BCUT2D eigenvalue weighted by Crippen LogP contribution is 2.44. The summed E-state index contributed by atoms with van der Waals surface area (Å²) in [5, 5.41) is 0.960. The number of primary amides is 1. The number of amides is 2. The van der Waals surface area contributed by atoms with Crippen LogP contribution in [0.3, 0.4) is 0 Å². The third-order valence-electron chi connectivity index (χ3n) is 4.91. The molecule has 0 spiro atoms. The summed E-state index contributed by atoms with van der Waals surface area (Å²) in [4.78, 5) is 30.8. The number of benzene rings is 2. The Morgan fingerprint density at radius 2 is 1.73 bits per heavy atom. The Balaban J connectivity index is 2.15. The zero-order valence-corrected chi connectivity index (χ0v) is 15.0. The number of nitrogens with two attached hydrogens (primary N) is 1. The van der Waals surface area contributed by atoms with E-state index in [1.165, 1.54) is 0 Å². The first-order valence-corrected chi connectivity index (χ1v) is 8.63. The van der Waals surface area contributed by atoms with E-state index in [0.29, 0.717) is 5.69 Å². The Hall–Kier alpha value is -3.08.